The Bertz CT molecular complexity index is 788. The first-order valence-corrected chi connectivity index (χ1v) is 7.39. The third-order valence-corrected chi connectivity index (χ3v) is 4.09. The molecule has 1 fully saturated rings. The van der Waals surface area contributed by atoms with E-state index in [1.54, 1.807) is 5.06 Å². The fraction of sp³-hybridized carbons (Fsp3) is 0.176. The maximum atomic E-state index is 12.8. The normalized spacial score (nSPS) is 22.5. The lowest BCUT2D eigenvalue weighted by atomic mass is 10.1. The number of nitrogens with zero attached hydrogens (tertiary/aromatic N) is 3. The Morgan fingerprint density at radius 2 is 1.74 bits per heavy atom. The van der Waals surface area contributed by atoms with Crippen LogP contribution < -0.4 is 15.4 Å². The van der Waals surface area contributed by atoms with Crippen LogP contribution in [0.25, 0.3) is 0 Å². The Kier molecular flexibility index (Phi) is 2.89. The summed E-state index contributed by atoms with van der Waals surface area (Å²) >= 11 is 0. The summed E-state index contributed by atoms with van der Waals surface area (Å²) in [7, 11) is 1.86. The molecule has 2 aliphatic rings. The van der Waals surface area contributed by atoms with Crippen LogP contribution in [-0.2, 0) is 9.63 Å². The third-order valence-electron chi connectivity index (χ3n) is 4.09. The van der Waals surface area contributed by atoms with E-state index < -0.39 is 5.72 Å². The number of carbonyl (C=O) groups excluding carboxylic acids is 1. The lowest BCUT2D eigenvalue weighted by Crippen LogP contribution is -2.38. The summed E-state index contributed by atoms with van der Waals surface area (Å²) in [5.74, 6) is -0.195. The van der Waals surface area contributed by atoms with Crippen LogP contribution in [0.4, 0.5) is 17.1 Å². The fourth-order valence-electron chi connectivity index (χ4n) is 2.75. The van der Waals surface area contributed by atoms with Gasteiger partial charge in [0.05, 0.1) is 11.4 Å². The first-order chi connectivity index (χ1) is 11.2. The number of hydrogen-bond acceptors (Lipinski definition) is 5. The highest BCUT2D eigenvalue weighted by atomic mass is 16.9. The Labute approximate surface area is 133 Å². The number of hydrazone groups is 1. The Balaban J connectivity index is 1.63. The average Bonchev–Trinajstić information content (AvgIpc) is 3.31. The van der Waals surface area contributed by atoms with Crippen molar-refractivity contribution in [3.8, 4) is 0 Å². The standard InChI is InChI=1S/C17H16N4O2/c1-12-17(16(22)20(19-12)14-6-4-3-5-7-14)21(23-17)15-10-8-13(18-2)9-11-15/h3-11,18H,1-2H3. The summed E-state index contributed by atoms with van der Waals surface area (Å²) in [6, 6.07) is 17.0. The van der Waals surface area contributed by atoms with Gasteiger partial charge < -0.3 is 5.32 Å². The minimum Gasteiger partial charge on any atom is -0.388 e. The SMILES string of the molecule is CNc1ccc(N2OC23C(=O)N(c2ccccc2)N=C3C)cc1. The Morgan fingerprint density at radius 3 is 2.39 bits per heavy atom. The van der Waals surface area contributed by atoms with Gasteiger partial charge in [-0.05, 0) is 43.3 Å². The van der Waals surface area contributed by atoms with Crippen molar-refractivity contribution in [2.45, 2.75) is 12.6 Å². The molecule has 116 valence electrons. The molecule has 6 heteroatoms. The lowest BCUT2D eigenvalue weighted by Gasteiger charge is -2.12. The summed E-state index contributed by atoms with van der Waals surface area (Å²) < 4.78 is 0. The molecule has 0 bridgehead atoms. The molecule has 0 saturated carbocycles. The molecule has 2 aromatic rings. The molecule has 1 unspecified atom stereocenters. The second-order valence-corrected chi connectivity index (χ2v) is 5.46. The molecule has 0 aliphatic carbocycles. The van der Waals surface area contributed by atoms with Gasteiger partial charge in [0, 0.05) is 12.7 Å². The van der Waals surface area contributed by atoms with Gasteiger partial charge in [-0.2, -0.15) is 10.1 Å². The van der Waals surface area contributed by atoms with Crippen molar-refractivity contribution in [3.63, 3.8) is 0 Å². The molecular formula is C17H16N4O2. The Hall–Kier alpha value is -2.86. The van der Waals surface area contributed by atoms with Gasteiger partial charge in [0.15, 0.2) is 0 Å². The zero-order valence-corrected chi connectivity index (χ0v) is 12.9. The van der Waals surface area contributed by atoms with Crippen molar-refractivity contribution in [1.29, 1.82) is 0 Å². The molecular weight excluding hydrogens is 292 g/mol. The van der Waals surface area contributed by atoms with E-state index in [0.29, 0.717) is 5.71 Å². The van der Waals surface area contributed by atoms with Gasteiger partial charge in [-0.1, -0.05) is 18.2 Å². The monoisotopic (exact) mass is 308 g/mol. The zero-order valence-electron chi connectivity index (χ0n) is 12.9. The number of hydrogen-bond donors (Lipinski definition) is 1. The topological polar surface area (TPSA) is 60.2 Å². The van der Waals surface area contributed by atoms with Gasteiger partial charge >= 0.3 is 11.6 Å². The molecule has 1 N–H and O–H groups in total. The van der Waals surface area contributed by atoms with E-state index in [2.05, 4.69) is 10.4 Å². The highest BCUT2D eigenvalue weighted by molar-refractivity contribution is 6.25. The summed E-state index contributed by atoms with van der Waals surface area (Å²) in [4.78, 5) is 18.5. The van der Waals surface area contributed by atoms with Gasteiger partial charge in [0.1, 0.15) is 5.71 Å². The molecule has 0 radical (unpaired) electrons. The van der Waals surface area contributed by atoms with Crippen LogP contribution in [0, 0.1) is 0 Å². The largest absolute Gasteiger partial charge is 0.388 e. The van der Waals surface area contributed by atoms with E-state index in [1.807, 2.05) is 68.6 Å². The minimum atomic E-state index is -1.10. The van der Waals surface area contributed by atoms with Gasteiger partial charge in [-0.25, -0.2) is 9.90 Å². The second-order valence-electron chi connectivity index (χ2n) is 5.46. The third kappa shape index (κ3) is 1.92. The van der Waals surface area contributed by atoms with Crippen LogP contribution in [0.5, 0.6) is 0 Å². The van der Waals surface area contributed by atoms with Crippen LogP contribution in [0.2, 0.25) is 0 Å². The van der Waals surface area contributed by atoms with Crippen LogP contribution in [0.15, 0.2) is 59.7 Å². The van der Waals surface area contributed by atoms with Gasteiger partial charge in [-0.3, -0.25) is 4.79 Å². The van der Waals surface area contributed by atoms with Crippen molar-refractivity contribution >= 4 is 28.7 Å². The number of nitrogens with one attached hydrogen (secondary N) is 1. The molecule has 23 heavy (non-hydrogen) atoms. The van der Waals surface area contributed by atoms with Crippen LogP contribution in [0.1, 0.15) is 6.92 Å². The number of amides is 1. The van der Waals surface area contributed by atoms with Crippen molar-refractivity contribution in [3.05, 3.63) is 54.6 Å². The lowest BCUT2D eigenvalue weighted by molar-refractivity contribution is -0.120. The fourth-order valence-corrected chi connectivity index (χ4v) is 2.75. The van der Waals surface area contributed by atoms with Gasteiger partial charge in [0.2, 0.25) is 0 Å². The minimum absolute atomic E-state index is 0.195. The zero-order chi connectivity index (χ0) is 16.0. The molecule has 1 amide bonds. The van der Waals surface area contributed by atoms with Gasteiger partial charge in [0.25, 0.3) is 0 Å². The maximum Gasteiger partial charge on any atom is 0.311 e. The van der Waals surface area contributed by atoms with Gasteiger partial charge in [-0.15, -0.1) is 0 Å². The van der Waals surface area contributed by atoms with Crippen molar-refractivity contribution in [2.24, 2.45) is 5.10 Å². The van der Waals surface area contributed by atoms with E-state index in [4.69, 9.17) is 4.84 Å². The van der Waals surface area contributed by atoms with E-state index in [9.17, 15) is 4.79 Å². The molecule has 2 aromatic carbocycles. The Morgan fingerprint density at radius 1 is 1.04 bits per heavy atom. The quantitative estimate of drug-likeness (QED) is 0.886. The molecule has 4 rings (SSSR count). The number of carbonyl (C=O) groups is 1. The van der Waals surface area contributed by atoms with Crippen LogP contribution in [0.3, 0.4) is 0 Å². The molecule has 1 spiro atoms. The number of rotatable bonds is 3. The van der Waals surface area contributed by atoms with Crippen molar-refractivity contribution in [2.75, 3.05) is 22.4 Å². The summed E-state index contributed by atoms with van der Waals surface area (Å²) in [6.07, 6.45) is 0. The molecule has 6 nitrogen and oxygen atoms in total. The summed E-state index contributed by atoms with van der Waals surface area (Å²) in [5, 5.41) is 10.5. The van der Waals surface area contributed by atoms with E-state index in [0.717, 1.165) is 17.1 Å². The summed E-state index contributed by atoms with van der Waals surface area (Å²) in [6.45, 7) is 1.81. The predicted molar refractivity (Wildman–Crippen MR) is 89.3 cm³/mol. The predicted octanol–water partition coefficient (Wildman–Crippen LogP) is 2.60. The van der Waals surface area contributed by atoms with Crippen molar-refractivity contribution < 1.29 is 9.63 Å². The number of hydroxylamine groups is 1. The summed E-state index contributed by atoms with van der Waals surface area (Å²) in [5.41, 5.74) is 2.08. The second kappa shape index (κ2) is 4.82. The van der Waals surface area contributed by atoms with Crippen LogP contribution in [-0.4, -0.2) is 24.4 Å². The van der Waals surface area contributed by atoms with Crippen LogP contribution >= 0.6 is 0 Å². The molecule has 1 saturated heterocycles. The number of anilines is 3. The highest BCUT2D eigenvalue weighted by Gasteiger charge is 2.69. The number of benzene rings is 2. The van der Waals surface area contributed by atoms with E-state index in [1.165, 1.54) is 5.01 Å². The first kappa shape index (κ1) is 13.8. The molecule has 2 aliphatic heterocycles. The average molecular weight is 308 g/mol. The smallest absolute Gasteiger partial charge is 0.311 e. The molecule has 2 heterocycles. The van der Waals surface area contributed by atoms with Crippen molar-refractivity contribution in [1.82, 2.24) is 0 Å². The first-order valence-electron chi connectivity index (χ1n) is 7.39. The van der Waals surface area contributed by atoms with E-state index in [-0.39, 0.29) is 5.91 Å². The molecule has 0 aromatic heterocycles. The molecule has 1 atom stereocenters. The highest BCUT2D eigenvalue weighted by Crippen LogP contribution is 2.46. The number of para-hydroxylation sites is 1. The maximum absolute atomic E-state index is 12.8. The van der Waals surface area contributed by atoms with E-state index >= 15 is 0 Å².